The molecule has 0 aliphatic rings. The highest BCUT2D eigenvalue weighted by atomic mass is 15.1. The van der Waals surface area contributed by atoms with E-state index in [1.807, 2.05) is 7.05 Å². The van der Waals surface area contributed by atoms with E-state index < -0.39 is 0 Å². The van der Waals surface area contributed by atoms with Crippen LogP contribution in [0.3, 0.4) is 0 Å². The quantitative estimate of drug-likeness (QED) is 0.587. The molecular formula is C9H22N2. The van der Waals surface area contributed by atoms with Gasteiger partial charge in [0.25, 0.3) is 0 Å². The molecule has 11 heavy (non-hydrogen) atoms. The smallest absolute Gasteiger partial charge is 0.00355 e. The standard InChI is InChI=1S/C9H22N2/c1-9(2)11(4)8-6-5-7-10-3/h9-10H,5-8H2,1-4H3. The number of unbranched alkanes of at least 4 members (excludes halogenated alkanes) is 1. The van der Waals surface area contributed by atoms with Gasteiger partial charge < -0.3 is 10.2 Å². The molecule has 0 aromatic rings. The van der Waals surface area contributed by atoms with Gasteiger partial charge in [0.1, 0.15) is 0 Å². The molecule has 0 bridgehead atoms. The van der Waals surface area contributed by atoms with Gasteiger partial charge in [-0.2, -0.15) is 0 Å². The highest BCUT2D eigenvalue weighted by molar-refractivity contribution is 4.56. The first kappa shape index (κ1) is 10.9. The van der Waals surface area contributed by atoms with Gasteiger partial charge in [0.2, 0.25) is 0 Å². The fraction of sp³-hybridized carbons (Fsp3) is 1.00. The minimum atomic E-state index is 0.685. The van der Waals surface area contributed by atoms with Gasteiger partial charge in [-0.25, -0.2) is 0 Å². The average molecular weight is 158 g/mol. The van der Waals surface area contributed by atoms with Crippen LogP contribution < -0.4 is 5.32 Å². The molecule has 0 fully saturated rings. The molecule has 0 saturated heterocycles. The normalized spacial score (nSPS) is 11.5. The van der Waals surface area contributed by atoms with Crippen molar-refractivity contribution in [1.29, 1.82) is 0 Å². The summed E-state index contributed by atoms with van der Waals surface area (Å²) in [6.45, 7) is 6.83. The summed E-state index contributed by atoms with van der Waals surface area (Å²) in [7, 11) is 4.19. The van der Waals surface area contributed by atoms with Crippen molar-refractivity contribution in [2.45, 2.75) is 32.7 Å². The summed E-state index contributed by atoms with van der Waals surface area (Å²) >= 11 is 0. The van der Waals surface area contributed by atoms with E-state index in [1.165, 1.54) is 19.4 Å². The van der Waals surface area contributed by atoms with Crippen LogP contribution in [-0.2, 0) is 0 Å². The van der Waals surface area contributed by atoms with Gasteiger partial charge in [0.05, 0.1) is 0 Å². The number of rotatable bonds is 6. The Kier molecular flexibility index (Phi) is 6.57. The first-order valence-corrected chi connectivity index (χ1v) is 4.53. The third-order valence-electron chi connectivity index (χ3n) is 2.07. The predicted octanol–water partition coefficient (Wildman–Crippen LogP) is 1.33. The monoisotopic (exact) mass is 158 g/mol. The van der Waals surface area contributed by atoms with Crippen molar-refractivity contribution in [1.82, 2.24) is 10.2 Å². The van der Waals surface area contributed by atoms with Crippen LogP contribution >= 0.6 is 0 Å². The van der Waals surface area contributed by atoms with Crippen molar-refractivity contribution in [2.75, 3.05) is 27.2 Å². The molecule has 0 rings (SSSR count). The molecule has 0 spiro atoms. The summed E-state index contributed by atoms with van der Waals surface area (Å²) in [5.41, 5.74) is 0. The maximum absolute atomic E-state index is 3.15. The lowest BCUT2D eigenvalue weighted by atomic mass is 10.2. The Bertz CT molecular complexity index is 81.6. The molecule has 0 aromatic carbocycles. The van der Waals surface area contributed by atoms with E-state index in [4.69, 9.17) is 0 Å². The minimum absolute atomic E-state index is 0.685. The molecule has 68 valence electrons. The molecular weight excluding hydrogens is 136 g/mol. The number of nitrogens with one attached hydrogen (secondary N) is 1. The summed E-state index contributed by atoms with van der Waals surface area (Å²) in [4.78, 5) is 2.38. The van der Waals surface area contributed by atoms with Crippen LogP contribution in [0.15, 0.2) is 0 Å². The van der Waals surface area contributed by atoms with Gasteiger partial charge in [-0.1, -0.05) is 0 Å². The lowest BCUT2D eigenvalue weighted by Gasteiger charge is -2.20. The molecule has 0 atom stereocenters. The van der Waals surface area contributed by atoms with Crippen molar-refractivity contribution >= 4 is 0 Å². The maximum Gasteiger partial charge on any atom is 0.00355 e. The third kappa shape index (κ3) is 6.32. The molecule has 1 N–H and O–H groups in total. The topological polar surface area (TPSA) is 15.3 Å². The van der Waals surface area contributed by atoms with Crippen LogP contribution in [0.2, 0.25) is 0 Å². The zero-order valence-electron chi connectivity index (χ0n) is 8.35. The second-order valence-corrected chi connectivity index (χ2v) is 3.39. The summed E-state index contributed by atoms with van der Waals surface area (Å²) in [6, 6.07) is 0.685. The molecule has 0 saturated carbocycles. The molecule has 0 aromatic heterocycles. The van der Waals surface area contributed by atoms with Crippen molar-refractivity contribution in [2.24, 2.45) is 0 Å². The molecule has 2 heteroatoms. The Morgan fingerprint density at radius 2 is 1.91 bits per heavy atom. The van der Waals surface area contributed by atoms with Crippen LogP contribution in [0.25, 0.3) is 0 Å². The minimum Gasteiger partial charge on any atom is -0.320 e. The first-order chi connectivity index (χ1) is 5.18. The molecule has 0 aliphatic carbocycles. The molecule has 0 unspecified atom stereocenters. The SMILES string of the molecule is CNCCCCN(C)C(C)C. The molecule has 0 aliphatic heterocycles. The second-order valence-electron chi connectivity index (χ2n) is 3.39. The number of hydrogen-bond acceptors (Lipinski definition) is 2. The van der Waals surface area contributed by atoms with Crippen LogP contribution in [0.4, 0.5) is 0 Å². The zero-order valence-corrected chi connectivity index (χ0v) is 8.35. The molecule has 0 radical (unpaired) electrons. The lowest BCUT2D eigenvalue weighted by molar-refractivity contribution is 0.268. The average Bonchev–Trinajstić information content (AvgIpc) is 1.97. The summed E-state index contributed by atoms with van der Waals surface area (Å²) in [5, 5.41) is 3.15. The Labute approximate surface area is 71.0 Å². The van der Waals surface area contributed by atoms with Crippen molar-refractivity contribution in [3.05, 3.63) is 0 Å². The van der Waals surface area contributed by atoms with E-state index in [2.05, 4.69) is 31.1 Å². The van der Waals surface area contributed by atoms with E-state index >= 15 is 0 Å². The summed E-state index contributed by atoms with van der Waals surface area (Å²) < 4.78 is 0. The molecule has 2 nitrogen and oxygen atoms in total. The Morgan fingerprint density at radius 3 is 2.36 bits per heavy atom. The van der Waals surface area contributed by atoms with Gasteiger partial charge >= 0.3 is 0 Å². The van der Waals surface area contributed by atoms with Crippen LogP contribution in [0, 0.1) is 0 Å². The van der Waals surface area contributed by atoms with Gasteiger partial charge in [0.15, 0.2) is 0 Å². The van der Waals surface area contributed by atoms with Gasteiger partial charge in [-0.05, 0) is 53.9 Å². The third-order valence-corrected chi connectivity index (χ3v) is 2.07. The second kappa shape index (κ2) is 6.62. The summed E-state index contributed by atoms with van der Waals surface area (Å²) in [5.74, 6) is 0. The Morgan fingerprint density at radius 1 is 1.27 bits per heavy atom. The molecule has 0 heterocycles. The largest absolute Gasteiger partial charge is 0.320 e. The van der Waals surface area contributed by atoms with E-state index in [0.29, 0.717) is 6.04 Å². The highest BCUT2D eigenvalue weighted by Crippen LogP contribution is 1.96. The fourth-order valence-electron chi connectivity index (χ4n) is 0.921. The van der Waals surface area contributed by atoms with Crippen LogP contribution in [0.5, 0.6) is 0 Å². The number of nitrogens with zero attached hydrogens (tertiary/aromatic N) is 1. The maximum atomic E-state index is 3.15. The molecule has 0 amide bonds. The van der Waals surface area contributed by atoms with Crippen molar-refractivity contribution in [3.63, 3.8) is 0 Å². The Balaban J connectivity index is 3.10. The fourth-order valence-corrected chi connectivity index (χ4v) is 0.921. The predicted molar refractivity (Wildman–Crippen MR) is 50.9 cm³/mol. The zero-order chi connectivity index (χ0) is 8.69. The van der Waals surface area contributed by atoms with E-state index in [-0.39, 0.29) is 0 Å². The van der Waals surface area contributed by atoms with Crippen molar-refractivity contribution < 1.29 is 0 Å². The summed E-state index contributed by atoms with van der Waals surface area (Å²) in [6.07, 6.45) is 2.59. The van der Waals surface area contributed by atoms with Crippen molar-refractivity contribution in [3.8, 4) is 0 Å². The van der Waals surface area contributed by atoms with Crippen LogP contribution in [-0.4, -0.2) is 38.1 Å². The highest BCUT2D eigenvalue weighted by Gasteiger charge is 2.00. The van der Waals surface area contributed by atoms with Crippen LogP contribution in [0.1, 0.15) is 26.7 Å². The van der Waals surface area contributed by atoms with E-state index in [1.54, 1.807) is 0 Å². The number of hydrogen-bond donors (Lipinski definition) is 1. The van der Waals surface area contributed by atoms with E-state index in [0.717, 1.165) is 6.54 Å². The van der Waals surface area contributed by atoms with E-state index in [9.17, 15) is 0 Å². The first-order valence-electron chi connectivity index (χ1n) is 4.53. The lowest BCUT2D eigenvalue weighted by Crippen LogP contribution is -2.27. The van der Waals surface area contributed by atoms with Gasteiger partial charge in [-0.15, -0.1) is 0 Å². The van der Waals surface area contributed by atoms with Gasteiger partial charge in [0, 0.05) is 6.04 Å². The van der Waals surface area contributed by atoms with Gasteiger partial charge in [-0.3, -0.25) is 0 Å². The Hall–Kier alpha value is -0.0800.